The Morgan fingerprint density at radius 3 is 2.04 bits per heavy atom. The van der Waals surface area contributed by atoms with Gasteiger partial charge in [-0.2, -0.15) is 0 Å². The molecule has 0 radical (unpaired) electrons. The number of amides is 1. The van der Waals surface area contributed by atoms with Crippen LogP contribution in [0.1, 0.15) is 24.1 Å². The van der Waals surface area contributed by atoms with E-state index in [-0.39, 0.29) is 30.8 Å². The average Bonchev–Trinajstić information content (AvgIpc) is 2.62. The van der Waals surface area contributed by atoms with E-state index >= 15 is 0 Å². The normalized spacial score (nSPS) is 11.1. The molecule has 3 N–H and O–H groups in total. The number of benzene rings is 2. The maximum absolute atomic E-state index is 12.3. The lowest BCUT2D eigenvalue weighted by molar-refractivity contribution is -0.121. The predicted molar refractivity (Wildman–Crippen MR) is 104 cm³/mol. The molecule has 0 saturated heterocycles. The number of nitrogen functional groups attached to an aromatic ring is 1. The predicted octanol–water partition coefficient (Wildman–Crippen LogP) is 3.14. The number of ether oxygens (including phenoxy) is 3. The molecule has 2 aromatic carbocycles. The van der Waals surface area contributed by atoms with E-state index in [2.05, 4.69) is 5.32 Å². The SMILES string of the molecule is COc1cc(C(C)NC(=O)Cc2ccc(N)cc2)cc(OC)c1OC.Cl. The average molecular weight is 381 g/mol. The van der Waals surface area contributed by atoms with Crippen molar-refractivity contribution < 1.29 is 19.0 Å². The van der Waals surface area contributed by atoms with Crippen LogP contribution >= 0.6 is 12.4 Å². The van der Waals surface area contributed by atoms with Crippen molar-refractivity contribution in [3.8, 4) is 17.2 Å². The summed E-state index contributed by atoms with van der Waals surface area (Å²) < 4.78 is 16.0. The van der Waals surface area contributed by atoms with Crippen LogP contribution in [0.4, 0.5) is 5.69 Å². The minimum absolute atomic E-state index is 0. The number of halogens is 1. The molecule has 0 saturated carbocycles. The van der Waals surface area contributed by atoms with Crippen LogP contribution in [0.3, 0.4) is 0 Å². The standard InChI is InChI=1S/C19H24N2O4.ClH/c1-12(21-18(22)9-13-5-7-15(20)8-6-13)14-10-16(23-2)19(25-4)17(11-14)24-3;/h5-8,10-12H,9,20H2,1-4H3,(H,21,22);1H. The number of carbonyl (C=O) groups is 1. The van der Waals surface area contributed by atoms with E-state index in [0.29, 0.717) is 22.9 Å². The van der Waals surface area contributed by atoms with Gasteiger partial charge in [0, 0.05) is 5.69 Å². The van der Waals surface area contributed by atoms with Gasteiger partial charge in [-0.05, 0) is 42.3 Å². The van der Waals surface area contributed by atoms with Crippen molar-refractivity contribution in [1.82, 2.24) is 5.32 Å². The zero-order valence-electron chi connectivity index (χ0n) is 15.4. The summed E-state index contributed by atoms with van der Waals surface area (Å²) in [5, 5.41) is 2.98. The van der Waals surface area contributed by atoms with Gasteiger partial charge in [-0.3, -0.25) is 4.79 Å². The second-order valence-corrected chi connectivity index (χ2v) is 5.67. The van der Waals surface area contributed by atoms with E-state index in [4.69, 9.17) is 19.9 Å². The van der Waals surface area contributed by atoms with Gasteiger partial charge in [-0.15, -0.1) is 12.4 Å². The fourth-order valence-electron chi connectivity index (χ4n) is 2.55. The zero-order valence-corrected chi connectivity index (χ0v) is 16.2. The van der Waals surface area contributed by atoms with Gasteiger partial charge in [0.1, 0.15) is 0 Å². The van der Waals surface area contributed by atoms with Gasteiger partial charge in [0.15, 0.2) is 11.5 Å². The second kappa shape index (κ2) is 9.77. The lowest BCUT2D eigenvalue weighted by atomic mass is 10.1. The molecule has 0 aliphatic rings. The summed E-state index contributed by atoms with van der Waals surface area (Å²) in [7, 11) is 4.68. The fourth-order valence-corrected chi connectivity index (χ4v) is 2.55. The molecule has 0 aliphatic heterocycles. The summed E-state index contributed by atoms with van der Waals surface area (Å²) in [6.07, 6.45) is 0.287. The number of rotatable bonds is 7. The molecule has 0 fully saturated rings. The summed E-state index contributed by atoms with van der Waals surface area (Å²) in [5.74, 6) is 1.55. The minimum atomic E-state index is -0.213. The van der Waals surface area contributed by atoms with E-state index in [1.54, 1.807) is 33.5 Å². The molecule has 1 atom stereocenters. The van der Waals surface area contributed by atoms with Crippen molar-refractivity contribution in [1.29, 1.82) is 0 Å². The Morgan fingerprint density at radius 1 is 1.04 bits per heavy atom. The molecule has 26 heavy (non-hydrogen) atoms. The van der Waals surface area contributed by atoms with E-state index in [1.165, 1.54) is 0 Å². The third-order valence-electron chi connectivity index (χ3n) is 3.91. The number of anilines is 1. The molecule has 7 heteroatoms. The molecule has 0 spiro atoms. The highest BCUT2D eigenvalue weighted by Gasteiger charge is 2.17. The highest BCUT2D eigenvalue weighted by atomic mass is 35.5. The maximum Gasteiger partial charge on any atom is 0.224 e. The van der Waals surface area contributed by atoms with Gasteiger partial charge < -0.3 is 25.3 Å². The van der Waals surface area contributed by atoms with Crippen LogP contribution in [0.25, 0.3) is 0 Å². The first-order chi connectivity index (χ1) is 12.0. The molecule has 2 rings (SSSR count). The molecular weight excluding hydrogens is 356 g/mol. The quantitative estimate of drug-likeness (QED) is 0.721. The largest absolute Gasteiger partial charge is 0.493 e. The molecule has 0 aliphatic carbocycles. The van der Waals surface area contributed by atoms with E-state index in [1.807, 2.05) is 31.2 Å². The van der Waals surface area contributed by atoms with Crippen LogP contribution in [0.5, 0.6) is 17.2 Å². The van der Waals surface area contributed by atoms with Crippen LogP contribution in [-0.4, -0.2) is 27.2 Å². The molecule has 142 valence electrons. The van der Waals surface area contributed by atoms with Crippen molar-refractivity contribution in [2.45, 2.75) is 19.4 Å². The highest BCUT2D eigenvalue weighted by Crippen LogP contribution is 2.39. The van der Waals surface area contributed by atoms with Gasteiger partial charge >= 0.3 is 0 Å². The van der Waals surface area contributed by atoms with Gasteiger partial charge in [-0.25, -0.2) is 0 Å². The number of methoxy groups -OCH3 is 3. The van der Waals surface area contributed by atoms with E-state index in [0.717, 1.165) is 11.1 Å². The molecule has 6 nitrogen and oxygen atoms in total. The Morgan fingerprint density at radius 2 is 1.58 bits per heavy atom. The molecule has 0 bridgehead atoms. The summed E-state index contributed by atoms with van der Waals surface area (Å²) in [6, 6.07) is 10.7. The van der Waals surface area contributed by atoms with Crippen molar-refractivity contribution in [2.75, 3.05) is 27.1 Å². The lowest BCUT2D eigenvalue weighted by Gasteiger charge is -2.19. The first kappa shape index (κ1) is 21.4. The minimum Gasteiger partial charge on any atom is -0.493 e. The summed E-state index contributed by atoms with van der Waals surface area (Å²) >= 11 is 0. The van der Waals surface area contributed by atoms with E-state index in [9.17, 15) is 4.79 Å². The number of nitrogens with one attached hydrogen (secondary N) is 1. The van der Waals surface area contributed by atoms with Crippen LogP contribution in [0.2, 0.25) is 0 Å². The molecular formula is C19H25ClN2O4. The molecule has 0 heterocycles. The smallest absolute Gasteiger partial charge is 0.224 e. The van der Waals surface area contributed by atoms with Gasteiger partial charge in [0.25, 0.3) is 0 Å². The maximum atomic E-state index is 12.3. The van der Waals surface area contributed by atoms with Gasteiger partial charge in [0.05, 0.1) is 33.8 Å². The van der Waals surface area contributed by atoms with Crippen molar-refractivity contribution in [3.63, 3.8) is 0 Å². The Balaban J connectivity index is 0.00000338. The van der Waals surface area contributed by atoms with Crippen molar-refractivity contribution >= 4 is 24.0 Å². The summed E-state index contributed by atoms with van der Waals surface area (Å²) in [6.45, 7) is 1.90. The molecule has 2 aromatic rings. The van der Waals surface area contributed by atoms with E-state index < -0.39 is 0 Å². The highest BCUT2D eigenvalue weighted by molar-refractivity contribution is 5.85. The Labute approximate surface area is 160 Å². The van der Waals surface area contributed by atoms with Gasteiger partial charge in [0.2, 0.25) is 11.7 Å². The van der Waals surface area contributed by atoms with Crippen LogP contribution in [-0.2, 0) is 11.2 Å². The lowest BCUT2D eigenvalue weighted by Crippen LogP contribution is -2.28. The molecule has 0 aromatic heterocycles. The monoisotopic (exact) mass is 380 g/mol. The molecule has 1 amide bonds. The molecule has 1 unspecified atom stereocenters. The summed E-state index contributed by atoms with van der Waals surface area (Å²) in [5.41, 5.74) is 8.10. The first-order valence-electron chi connectivity index (χ1n) is 7.92. The van der Waals surface area contributed by atoms with Crippen LogP contribution in [0, 0.1) is 0 Å². The third-order valence-corrected chi connectivity index (χ3v) is 3.91. The first-order valence-corrected chi connectivity index (χ1v) is 7.92. The Kier molecular flexibility index (Phi) is 8.06. The van der Waals surface area contributed by atoms with Crippen molar-refractivity contribution in [3.05, 3.63) is 47.5 Å². The second-order valence-electron chi connectivity index (χ2n) is 5.67. The zero-order chi connectivity index (χ0) is 18.4. The number of hydrogen-bond donors (Lipinski definition) is 2. The summed E-state index contributed by atoms with van der Waals surface area (Å²) in [4.78, 5) is 12.3. The van der Waals surface area contributed by atoms with Crippen molar-refractivity contribution in [2.24, 2.45) is 0 Å². The fraction of sp³-hybridized carbons (Fsp3) is 0.316. The van der Waals surface area contributed by atoms with Gasteiger partial charge in [-0.1, -0.05) is 12.1 Å². The van der Waals surface area contributed by atoms with Crippen LogP contribution < -0.4 is 25.3 Å². The third kappa shape index (κ3) is 5.20. The Hall–Kier alpha value is -2.60. The topological polar surface area (TPSA) is 82.8 Å². The Bertz CT molecular complexity index is 710. The number of hydrogen-bond acceptors (Lipinski definition) is 5. The number of nitrogens with two attached hydrogens (primary N) is 1. The number of carbonyl (C=O) groups excluding carboxylic acids is 1. The van der Waals surface area contributed by atoms with Crippen LogP contribution in [0.15, 0.2) is 36.4 Å².